The van der Waals surface area contributed by atoms with Gasteiger partial charge in [-0.1, -0.05) is 12.1 Å². The van der Waals surface area contributed by atoms with Crippen molar-refractivity contribution in [2.24, 2.45) is 0 Å². The maximum atomic E-state index is 9.13. The monoisotopic (exact) mass is 282 g/mol. The number of para-hydroxylation sites is 1. The second kappa shape index (κ2) is 9.58. The van der Waals surface area contributed by atoms with Gasteiger partial charge in [0.1, 0.15) is 0 Å². The molecule has 0 saturated carbocycles. The zero-order valence-corrected chi connectivity index (χ0v) is 12.6. The van der Waals surface area contributed by atoms with Crippen LogP contribution < -0.4 is 20.1 Å². The first kappa shape index (κ1) is 16.8. The predicted octanol–water partition coefficient (Wildman–Crippen LogP) is 1.15. The van der Waals surface area contributed by atoms with Gasteiger partial charge in [0.15, 0.2) is 11.5 Å². The molecule has 1 atom stereocenters. The number of aliphatic hydroxyl groups is 1. The lowest BCUT2D eigenvalue weighted by Crippen LogP contribution is -2.31. The van der Waals surface area contributed by atoms with Gasteiger partial charge >= 0.3 is 0 Å². The highest BCUT2D eigenvalue weighted by Crippen LogP contribution is 2.30. The summed E-state index contributed by atoms with van der Waals surface area (Å²) < 4.78 is 11.0. The highest BCUT2D eigenvalue weighted by atomic mass is 16.5. The molecule has 114 valence electrons. The number of rotatable bonds is 10. The molecule has 0 amide bonds. The lowest BCUT2D eigenvalue weighted by Gasteiger charge is -2.14. The smallest absolute Gasteiger partial charge is 0.165 e. The first-order valence-electron chi connectivity index (χ1n) is 7.07. The molecule has 5 heteroatoms. The third-order valence-electron chi connectivity index (χ3n) is 2.80. The van der Waals surface area contributed by atoms with Crippen LogP contribution in [0.1, 0.15) is 19.4 Å². The van der Waals surface area contributed by atoms with Crippen molar-refractivity contribution < 1.29 is 14.6 Å². The lowest BCUT2D eigenvalue weighted by molar-refractivity contribution is 0.191. The van der Waals surface area contributed by atoms with Crippen molar-refractivity contribution in [3.63, 3.8) is 0 Å². The fraction of sp³-hybridized carbons (Fsp3) is 0.600. The molecule has 0 aromatic heterocycles. The van der Waals surface area contributed by atoms with Gasteiger partial charge in [0.2, 0.25) is 0 Å². The van der Waals surface area contributed by atoms with Gasteiger partial charge < -0.3 is 25.2 Å². The van der Waals surface area contributed by atoms with Crippen LogP contribution in [0.4, 0.5) is 0 Å². The van der Waals surface area contributed by atoms with Gasteiger partial charge in [-0.3, -0.25) is 0 Å². The van der Waals surface area contributed by atoms with Crippen LogP contribution in [-0.2, 0) is 6.54 Å². The predicted molar refractivity (Wildman–Crippen MR) is 80.4 cm³/mol. The van der Waals surface area contributed by atoms with Crippen LogP contribution in [0.3, 0.4) is 0 Å². The molecule has 0 aliphatic carbocycles. The molecule has 5 nitrogen and oxygen atoms in total. The van der Waals surface area contributed by atoms with E-state index in [1.807, 2.05) is 25.1 Å². The molecule has 0 heterocycles. The topological polar surface area (TPSA) is 62.8 Å². The van der Waals surface area contributed by atoms with Crippen LogP contribution in [0, 0.1) is 0 Å². The molecule has 1 aromatic carbocycles. The molecule has 0 bridgehead atoms. The molecule has 0 aliphatic heterocycles. The lowest BCUT2D eigenvalue weighted by atomic mass is 10.2. The average molecular weight is 282 g/mol. The summed E-state index contributed by atoms with van der Waals surface area (Å²) >= 11 is 0. The fourth-order valence-electron chi connectivity index (χ4n) is 1.88. The van der Waals surface area contributed by atoms with Crippen LogP contribution in [-0.4, -0.2) is 44.6 Å². The SMILES string of the molecule is CCOc1c(CNCCNC[C@H](C)O)cccc1OC. The van der Waals surface area contributed by atoms with Crippen molar-refractivity contribution >= 4 is 0 Å². The molecule has 3 N–H and O–H groups in total. The molecule has 0 spiro atoms. The third kappa shape index (κ3) is 5.77. The Balaban J connectivity index is 2.42. The zero-order chi connectivity index (χ0) is 14.8. The van der Waals surface area contributed by atoms with Gasteiger partial charge in [-0.05, 0) is 19.9 Å². The zero-order valence-electron chi connectivity index (χ0n) is 12.6. The maximum Gasteiger partial charge on any atom is 0.165 e. The van der Waals surface area contributed by atoms with E-state index >= 15 is 0 Å². The summed E-state index contributed by atoms with van der Waals surface area (Å²) in [5.74, 6) is 1.57. The summed E-state index contributed by atoms with van der Waals surface area (Å²) in [6.07, 6.45) is -0.307. The van der Waals surface area contributed by atoms with Crippen LogP contribution in [0.2, 0.25) is 0 Å². The van der Waals surface area contributed by atoms with Crippen molar-refractivity contribution in [1.29, 1.82) is 0 Å². The van der Waals surface area contributed by atoms with E-state index in [1.165, 1.54) is 0 Å². The summed E-state index contributed by atoms with van der Waals surface area (Å²) in [7, 11) is 1.65. The molecular formula is C15H26N2O3. The Hall–Kier alpha value is -1.30. The molecule has 0 saturated heterocycles. The molecule has 20 heavy (non-hydrogen) atoms. The van der Waals surface area contributed by atoms with E-state index in [4.69, 9.17) is 14.6 Å². The van der Waals surface area contributed by atoms with E-state index in [-0.39, 0.29) is 6.10 Å². The van der Waals surface area contributed by atoms with E-state index in [2.05, 4.69) is 10.6 Å². The molecular weight excluding hydrogens is 256 g/mol. The van der Waals surface area contributed by atoms with Crippen LogP contribution in [0.15, 0.2) is 18.2 Å². The second-order valence-corrected chi connectivity index (χ2v) is 4.61. The van der Waals surface area contributed by atoms with Gasteiger partial charge in [0.25, 0.3) is 0 Å². The molecule has 0 unspecified atom stereocenters. The summed E-state index contributed by atoms with van der Waals surface area (Å²) in [6, 6.07) is 5.90. The van der Waals surface area contributed by atoms with Gasteiger partial charge in [0.05, 0.1) is 19.8 Å². The van der Waals surface area contributed by atoms with Crippen molar-refractivity contribution in [1.82, 2.24) is 10.6 Å². The summed E-state index contributed by atoms with van der Waals surface area (Å²) in [5.41, 5.74) is 1.08. The minimum Gasteiger partial charge on any atom is -0.493 e. The first-order chi connectivity index (χ1) is 9.69. The van der Waals surface area contributed by atoms with Gasteiger partial charge in [0, 0.05) is 31.7 Å². The Morgan fingerprint density at radius 1 is 1.25 bits per heavy atom. The van der Waals surface area contributed by atoms with E-state index in [9.17, 15) is 0 Å². The Labute approximate surface area is 121 Å². The number of methoxy groups -OCH3 is 1. The number of benzene rings is 1. The van der Waals surface area contributed by atoms with Crippen molar-refractivity contribution in [3.05, 3.63) is 23.8 Å². The fourth-order valence-corrected chi connectivity index (χ4v) is 1.88. The number of hydrogen-bond donors (Lipinski definition) is 3. The Kier molecular flexibility index (Phi) is 8.02. The van der Waals surface area contributed by atoms with Crippen molar-refractivity contribution in [3.8, 4) is 11.5 Å². The Bertz CT molecular complexity index is 383. The average Bonchev–Trinajstić information content (AvgIpc) is 2.44. The quantitative estimate of drug-likeness (QED) is 0.562. The normalized spacial score (nSPS) is 12.2. The minimum absolute atomic E-state index is 0.307. The van der Waals surface area contributed by atoms with Crippen LogP contribution in [0.25, 0.3) is 0 Å². The number of nitrogens with one attached hydrogen (secondary N) is 2. The first-order valence-corrected chi connectivity index (χ1v) is 7.07. The van der Waals surface area contributed by atoms with Gasteiger partial charge in [-0.25, -0.2) is 0 Å². The van der Waals surface area contributed by atoms with E-state index in [0.717, 1.165) is 36.7 Å². The Morgan fingerprint density at radius 2 is 2.00 bits per heavy atom. The molecule has 0 fully saturated rings. The standard InChI is InChI=1S/C15H26N2O3/c1-4-20-15-13(6-5-7-14(15)19-3)11-17-9-8-16-10-12(2)18/h5-7,12,16-18H,4,8-11H2,1-3H3/t12-/m0/s1. The highest BCUT2D eigenvalue weighted by molar-refractivity contribution is 5.46. The number of aliphatic hydroxyl groups excluding tert-OH is 1. The van der Waals surface area contributed by atoms with Crippen molar-refractivity contribution in [2.45, 2.75) is 26.5 Å². The number of hydrogen-bond acceptors (Lipinski definition) is 5. The molecule has 0 radical (unpaired) electrons. The van der Waals surface area contributed by atoms with Gasteiger partial charge in [-0.2, -0.15) is 0 Å². The largest absolute Gasteiger partial charge is 0.493 e. The summed E-state index contributed by atoms with van der Waals surface area (Å²) in [5, 5.41) is 15.6. The second-order valence-electron chi connectivity index (χ2n) is 4.61. The summed E-state index contributed by atoms with van der Waals surface area (Å²) in [4.78, 5) is 0. The van der Waals surface area contributed by atoms with E-state index < -0.39 is 0 Å². The van der Waals surface area contributed by atoms with E-state index in [1.54, 1.807) is 14.0 Å². The van der Waals surface area contributed by atoms with Crippen LogP contribution >= 0.6 is 0 Å². The minimum atomic E-state index is -0.307. The van der Waals surface area contributed by atoms with Crippen LogP contribution in [0.5, 0.6) is 11.5 Å². The van der Waals surface area contributed by atoms with E-state index in [0.29, 0.717) is 13.2 Å². The van der Waals surface area contributed by atoms with Gasteiger partial charge in [-0.15, -0.1) is 0 Å². The maximum absolute atomic E-state index is 9.13. The molecule has 0 aliphatic rings. The highest BCUT2D eigenvalue weighted by Gasteiger charge is 2.09. The molecule has 1 rings (SSSR count). The third-order valence-corrected chi connectivity index (χ3v) is 2.80. The number of ether oxygens (including phenoxy) is 2. The molecule has 1 aromatic rings. The van der Waals surface area contributed by atoms with Crippen molar-refractivity contribution in [2.75, 3.05) is 33.4 Å². The Morgan fingerprint density at radius 3 is 2.65 bits per heavy atom. The summed E-state index contributed by atoms with van der Waals surface area (Å²) in [6.45, 7) is 7.33.